The van der Waals surface area contributed by atoms with Gasteiger partial charge in [-0.3, -0.25) is 0 Å². The van der Waals surface area contributed by atoms with E-state index in [1.165, 1.54) is 0 Å². The summed E-state index contributed by atoms with van der Waals surface area (Å²) in [5.41, 5.74) is 6.20. The third-order valence-electron chi connectivity index (χ3n) is 4.82. The van der Waals surface area contributed by atoms with Crippen molar-refractivity contribution in [2.24, 2.45) is 0 Å². The first-order valence-corrected chi connectivity index (χ1v) is 8.16. The maximum absolute atomic E-state index is 14.2. The number of nitrogens with zero attached hydrogens (tertiary/aromatic N) is 2. The molecule has 0 saturated carbocycles. The average Bonchev–Trinajstić information content (AvgIpc) is 3.00. The van der Waals surface area contributed by atoms with Crippen molar-refractivity contribution < 1.29 is 4.39 Å². The molecule has 0 radical (unpaired) electrons. The van der Waals surface area contributed by atoms with Crippen molar-refractivity contribution in [3.63, 3.8) is 0 Å². The van der Waals surface area contributed by atoms with Crippen LogP contribution in [0.25, 0.3) is 22.3 Å². The van der Waals surface area contributed by atoms with Crippen LogP contribution in [-0.2, 0) is 0 Å². The number of benzene rings is 2. The molecule has 4 aromatic rings. The molecular weight excluding hydrogens is 315 g/mol. The lowest BCUT2D eigenvalue weighted by molar-refractivity contribution is 0.615. The van der Waals surface area contributed by atoms with E-state index in [1.54, 1.807) is 19.3 Å². The molecule has 0 spiro atoms. The number of H-pyrrole nitrogens is 1. The molecule has 1 atom stereocenters. The van der Waals surface area contributed by atoms with Gasteiger partial charge in [0.05, 0.1) is 17.1 Å². The summed E-state index contributed by atoms with van der Waals surface area (Å²) in [4.78, 5) is 12.1. The second-order valence-corrected chi connectivity index (χ2v) is 6.32. The van der Waals surface area contributed by atoms with E-state index < -0.39 is 0 Å². The Morgan fingerprint density at radius 1 is 1.08 bits per heavy atom. The Balaban J connectivity index is 1.83. The van der Waals surface area contributed by atoms with E-state index in [9.17, 15) is 4.39 Å². The number of aromatic nitrogens is 3. The summed E-state index contributed by atoms with van der Waals surface area (Å²) < 4.78 is 14.2. The average molecular weight is 330 g/mol. The molecule has 0 bridgehead atoms. The third kappa shape index (κ3) is 2.05. The van der Waals surface area contributed by atoms with E-state index in [2.05, 4.69) is 20.3 Å². The lowest BCUT2D eigenvalue weighted by Gasteiger charge is -2.19. The lowest BCUT2D eigenvalue weighted by atomic mass is 9.97. The predicted molar refractivity (Wildman–Crippen MR) is 95.9 cm³/mol. The zero-order chi connectivity index (χ0) is 17.0. The molecule has 1 aliphatic heterocycles. The molecule has 0 fully saturated rings. The number of para-hydroxylation sites is 1. The topological polar surface area (TPSA) is 53.6 Å². The molecule has 0 aliphatic carbocycles. The molecule has 25 heavy (non-hydrogen) atoms. The van der Waals surface area contributed by atoms with Crippen LogP contribution >= 0.6 is 0 Å². The fourth-order valence-electron chi connectivity index (χ4n) is 3.52. The molecule has 2 aromatic carbocycles. The number of rotatable bonds is 1. The van der Waals surface area contributed by atoms with Crippen LogP contribution in [-0.4, -0.2) is 15.0 Å². The van der Waals surface area contributed by atoms with Crippen LogP contribution in [0.1, 0.15) is 22.7 Å². The first-order valence-electron chi connectivity index (χ1n) is 8.16. The quantitative estimate of drug-likeness (QED) is 0.537. The molecule has 1 unspecified atom stereocenters. The number of hydrogen-bond acceptors (Lipinski definition) is 3. The number of anilines is 1. The van der Waals surface area contributed by atoms with Crippen LogP contribution in [0.5, 0.6) is 0 Å². The van der Waals surface area contributed by atoms with Gasteiger partial charge in [0, 0.05) is 23.0 Å². The molecule has 3 heterocycles. The number of fused-ring (bicyclic) bond motifs is 2. The highest BCUT2D eigenvalue weighted by molar-refractivity contribution is 5.99. The van der Waals surface area contributed by atoms with E-state index >= 15 is 0 Å². The SMILES string of the molecule is Cc1ccc(C2Nc3ccccc3-c3ncnc4[nH]cc2c34)cc1F. The fraction of sp³-hybridized carbons (Fsp3) is 0.100. The van der Waals surface area contributed by atoms with Gasteiger partial charge in [0.2, 0.25) is 0 Å². The predicted octanol–water partition coefficient (Wildman–Crippen LogP) is 4.59. The van der Waals surface area contributed by atoms with Gasteiger partial charge >= 0.3 is 0 Å². The van der Waals surface area contributed by atoms with Crippen molar-refractivity contribution in [1.29, 1.82) is 0 Å². The first kappa shape index (κ1) is 14.2. The minimum absolute atomic E-state index is 0.183. The zero-order valence-corrected chi connectivity index (χ0v) is 13.5. The minimum atomic E-state index is -0.201. The van der Waals surface area contributed by atoms with Gasteiger partial charge in [-0.2, -0.15) is 0 Å². The van der Waals surface area contributed by atoms with E-state index in [-0.39, 0.29) is 11.9 Å². The van der Waals surface area contributed by atoms with Gasteiger partial charge in [-0.25, -0.2) is 14.4 Å². The highest BCUT2D eigenvalue weighted by Crippen LogP contribution is 2.42. The van der Waals surface area contributed by atoms with Crippen molar-refractivity contribution in [3.8, 4) is 11.3 Å². The van der Waals surface area contributed by atoms with E-state index in [1.807, 2.05) is 42.6 Å². The van der Waals surface area contributed by atoms with Crippen LogP contribution in [0.3, 0.4) is 0 Å². The molecule has 2 aromatic heterocycles. The highest BCUT2D eigenvalue weighted by atomic mass is 19.1. The summed E-state index contributed by atoms with van der Waals surface area (Å²) in [6, 6.07) is 13.2. The standard InChI is InChI=1S/C20H15FN4/c1-11-6-7-12(8-15(11)21)18-14-9-22-20-17(14)19(23-10-24-20)13-4-2-3-5-16(13)25-18/h2-10,18,25H,1H3,(H,22,23,24). The van der Waals surface area contributed by atoms with E-state index in [4.69, 9.17) is 0 Å². The zero-order valence-electron chi connectivity index (χ0n) is 13.5. The van der Waals surface area contributed by atoms with Crippen molar-refractivity contribution in [2.45, 2.75) is 13.0 Å². The molecule has 5 rings (SSSR count). The number of nitrogens with one attached hydrogen (secondary N) is 2. The summed E-state index contributed by atoms with van der Waals surface area (Å²) in [6.07, 6.45) is 3.50. The third-order valence-corrected chi connectivity index (χ3v) is 4.82. The van der Waals surface area contributed by atoms with E-state index in [0.29, 0.717) is 5.56 Å². The Labute approximate surface area is 143 Å². The van der Waals surface area contributed by atoms with Gasteiger partial charge in [-0.1, -0.05) is 30.3 Å². The van der Waals surface area contributed by atoms with Crippen LogP contribution in [0.4, 0.5) is 10.1 Å². The summed E-state index contributed by atoms with van der Waals surface area (Å²) in [7, 11) is 0. The number of halogens is 1. The van der Waals surface area contributed by atoms with Crippen LogP contribution < -0.4 is 5.32 Å². The van der Waals surface area contributed by atoms with Gasteiger partial charge in [0.25, 0.3) is 0 Å². The van der Waals surface area contributed by atoms with Gasteiger partial charge < -0.3 is 10.3 Å². The Bertz CT molecular complexity index is 1120. The fourth-order valence-corrected chi connectivity index (χ4v) is 3.52. The summed E-state index contributed by atoms with van der Waals surface area (Å²) in [5.74, 6) is -0.201. The molecule has 0 amide bonds. The maximum Gasteiger partial charge on any atom is 0.141 e. The molecule has 4 nitrogen and oxygen atoms in total. The summed E-state index contributed by atoms with van der Waals surface area (Å²) in [5, 5.41) is 4.54. The molecule has 1 aliphatic rings. The monoisotopic (exact) mass is 330 g/mol. The minimum Gasteiger partial charge on any atom is -0.374 e. The van der Waals surface area contributed by atoms with Gasteiger partial charge in [-0.15, -0.1) is 0 Å². The summed E-state index contributed by atoms with van der Waals surface area (Å²) >= 11 is 0. The number of aryl methyl sites for hydroxylation is 1. The molecule has 5 heteroatoms. The molecule has 0 saturated heterocycles. The van der Waals surface area contributed by atoms with Crippen LogP contribution in [0, 0.1) is 12.7 Å². The molecule has 122 valence electrons. The molecule has 2 N–H and O–H groups in total. The summed E-state index contributed by atoms with van der Waals surface area (Å²) in [6.45, 7) is 1.77. The Morgan fingerprint density at radius 2 is 1.96 bits per heavy atom. The van der Waals surface area contributed by atoms with Crippen molar-refractivity contribution >= 4 is 16.7 Å². The Morgan fingerprint density at radius 3 is 2.84 bits per heavy atom. The Kier molecular flexibility index (Phi) is 2.91. The number of hydrogen-bond donors (Lipinski definition) is 2. The maximum atomic E-state index is 14.2. The smallest absolute Gasteiger partial charge is 0.141 e. The van der Waals surface area contributed by atoms with Crippen molar-refractivity contribution in [1.82, 2.24) is 15.0 Å². The van der Waals surface area contributed by atoms with Gasteiger partial charge in [-0.05, 0) is 30.2 Å². The second kappa shape index (κ2) is 5.14. The van der Waals surface area contributed by atoms with Gasteiger partial charge in [0.15, 0.2) is 0 Å². The molecular formula is C20H15FN4. The second-order valence-electron chi connectivity index (χ2n) is 6.32. The Hall–Kier alpha value is -3.21. The van der Waals surface area contributed by atoms with Crippen molar-refractivity contribution in [2.75, 3.05) is 5.32 Å². The van der Waals surface area contributed by atoms with Crippen molar-refractivity contribution in [3.05, 3.63) is 77.5 Å². The van der Waals surface area contributed by atoms with Crippen LogP contribution in [0.15, 0.2) is 55.0 Å². The number of aromatic amines is 1. The van der Waals surface area contributed by atoms with E-state index in [0.717, 1.165) is 39.1 Å². The highest BCUT2D eigenvalue weighted by Gasteiger charge is 2.26. The lowest BCUT2D eigenvalue weighted by Crippen LogP contribution is -2.11. The van der Waals surface area contributed by atoms with Crippen LogP contribution in [0.2, 0.25) is 0 Å². The first-order chi connectivity index (χ1) is 12.2. The largest absolute Gasteiger partial charge is 0.374 e. The van der Waals surface area contributed by atoms with Gasteiger partial charge in [0.1, 0.15) is 17.8 Å². The normalized spacial score (nSPS) is 15.5.